The number of likely N-dealkylation sites (N-methyl/N-ethyl adjacent to an activating group) is 1. The second-order valence-corrected chi connectivity index (χ2v) is 31.5. The highest BCUT2D eigenvalue weighted by Gasteiger charge is 2.24. The molecule has 0 aliphatic carbocycles. The van der Waals surface area contributed by atoms with Gasteiger partial charge < -0.3 is 37.6 Å². The standard InChI is InChI=1S/C23H25ClN6O.C23H25FN6O.C22H21N5O.C21H19N5O/c2*1-15(2)27-6-8-28(9-7-27)18-4-5-21-26-20(11-22(31)30(21)14-18)17-10-19(24)23-25-16(3)12-29(23)13-17;1-15-12-26-13-17(3-5-20(26)23-15)18-4-6-21-24-19(11-22(28)27(21)14-18)16-7-9-25(2)10-8-16;1-14-11-25-12-16(2-4-19(25)23-14)17-3-5-20-24-18(10-21(27)26(20)13-17)15-6-8-22-9-7-15/h2*4-5,10-15H,6-9H2,1-3H3;3-7,11-14H,8-10H2,1-2H3;2-6,10-13,22H,7-9H2,1H3. The van der Waals surface area contributed by atoms with Crippen molar-refractivity contribution >= 4 is 79.3 Å². The maximum Gasteiger partial charge on any atom is 0.258 e. The van der Waals surface area contributed by atoms with Crippen LogP contribution in [0.3, 0.4) is 0 Å². The summed E-state index contributed by atoms with van der Waals surface area (Å²) in [6.45, 7) is 28.0. The molecule has 16 aromatic heterocycles. The number of halogens is 2. The average Bonchev–Trinajstić information content (AvgIpc) is 1.76. The van der Waals surface area contributed by atoms with Crippen molar-refractivity contribution in [3.8, 4) is 44.8 Å². The Kier molecular flexibility index (Phi) is 21.2. The summed E-state index contributed by atoms with van der Waals surface area (Å²) in [5.41, 5.74) is 20.7. The molecule has 594 valence electrons. The molecule has 2 fully saturated rings. The number of piperazine rings is 2. The molecule has 0 saturated carbocycles. The third kappa shape index (κ3) is 16.3. The molecule has 117 heavy (non-hydrogen) atoms. The number of hydrogen-bond acceptors (Lipinski definition) is 18. The van der Waals surface area contributed by atoms with E-state index in [9.17, 15) is 23.6 Å². The Bertz CT molecular complexity index is 6660. The monoisotopic (exact) mass is 1580 g/mol. The minimum absolute atomic E-state index is 0.0544. The minimum Gasteiger partial charge on any atom is -0.368 e. The van der Waals surface area contributed by atoms with Crippen LogP contribution in [0.25, 0.3) is 101 Å². The van der Waals surface area contributed by atoms with Crippen LogP contribution >= 0.6 is 11.6 Å². The van der Waals surface area contributed by atoms with Gasteiger partial charge in [-0.05, 0) is 189 Å². The molecule has 20 heterocycles. The van der Waals surface area contributed by atoms with E-state index in [-0.39, 0.29) is 27.9 Å². The van der Waals surface area contributed by atoms with Crippen LogP contribution < -0.4 is 37.4 Å². The number of fused-ring (bicyclic) bond motifs is 8. The zero-order valence-corrected chi connectivity index (χ0v) is 67.6. The average molecular weight is 1590 g/mol. The molecule has 4 aliphatic rings. The van der Waals surface area contributed by atoms with Crippen molar-refractivity contribution in [3.63, 3.8) is 0 Å². The molecule has 0 amide bonds. The van der Waals surface area contributed by atoms with E-state index >= 15 is 0 Å². The van der Waals surface area contributed by atoms with Gasteiger partial charge in [-0.15, -0.1) is 0 Å². The van der Waals surface area contributed by atoms with Crippen molar-refractivity contribution in [1.29, 1.82) is 0 Å². The topological polar surface area (TPSA) is 235 Å². The normalized spacial score (nSPS) is 15.2. The zero-order valence-electron chi connectivity index (χ0n) is 66.8. The zero-order chi connectivity index (χ0) is 81.0. The molecule has 0 unspecified atom stereocenters. The summed E-state index contributed by atoms with van der Waals surface area (Å²) in [4.78, 5) is 99.4. The number of nitrogens with zero attached hydrogens (tertiary/aromatic N) is 21. The number of aryl methyl sites for hydroxylation is 4. The van der Waals surface area contributed by atoms with Crippen LogP contribution in [0.5, 0.6) is 0 Å². The van der Waals surface area contributed by atoms with Crippen molar-refractivity contribution in [2.75, 3.05) is 95.4 Å². The van der Waals surface area contributed by atoms with Crippen LogP contribution in [0.2, 0.25) is 5.02 Å². The SMILES string of the molecule is Cc1cn2cc(-c3cc(=O)n4cc(N5CCN(C(C)C)CC5)ccc4n3)cc(Cl)c2n1.Cc1cn2cc(-c3cc(=O)n4cc(N5CCN(C(C)C)CC5)ccc4n3)cc(F)c2n1.Cc1cn2cc(-c3ccc4nc(C5=CCN(C)CC5)cc(=O)n4c3)ccc2n1.Cc1cn2cc(-c3ccc4nc(C5=CCNCC5)cc(=O)n4c3)ccc2n1. The van der Waals surface area contributed by atoms with Gasteiger partial charge in [-0.2, -0.15) is 0 Å². The van der Waals surface area contributed by atoms with E-state index in [1.165, 1.54) is 12.1 Å². The lowest BCUT2D eigenvalue weighted by atomic mass is 10.0. The molecule has 0 bridgehead atoms. The van der Waals surface area contributed by atoms with E-state index in [4.69, 9.17) is 26.6 Å². The van der Waals surface area contributed by atoms with Crippen LogP contribution in [-0.4, -0.2) is 187 Å². The highest BCUT2D eigenvalue weighted by Crippen LogP contribution is 2.30. The molecule has 0 spiro atoms. The van der Waals surface area contributed by atoms with Gasteiger partial charge in [0.15, 0.2) is 17.1 Å². The van der Waals surface area contributed by atoms with Crippen molar-refractivity contribution in [2.45, 2.75) is 80.3 Å². The van der Waals surface area contributed by atoms with Crippen LogP contribution in [0, 0.1) is 33.5 Å². The van der Waals surface area contributed by atoms with Gasteiger partial charge in [-0.3, -0.25) is 46.6 Å². The Morgan fingerprint density at radius 3 is 1.21 bits per heavy atom. The predicted octanol–water partition coefficient (Wildman–Crippen LogP) is 12.2. The number of hydrogen-bond donors (Lipinski definition) is 1. The molecular formula is C89H90ClFN22O4. The molecule has 26 nitrogen and oxygen atoms in total. The smallest absolute Gasteiger partial charge is 0.258 e. The third-order valence-electron chi connectivity index (χ3n) is 22.2. The van der Waals surface area contributed by atoms with E-state index in [0.29, 0.717) is 62.3 Å². The second-order valence-electron chi connectivity index (χ2n) is 31.1. The number of aromatic nitrogens is 16. The molecular weight excluding hydrogens is 1500 g/mol. The molecule has 2 saturated heterocycles. The summed E-state index contributed by atoms with van der Waals surface area (Å²) in [5, 5.41) is 3.81. The van der Waals surface area contributed by atoms with Gasteiger partial charge >= 0.3 is 0 Å². The summed E-state index contributed by atoms with van der Waals surface area (Å²) in [6.07, 6.45) is 28.9. The summed E-state index contributed by atoms with van der Waals surface area (Å²) in [7, 11) is 2.10. The van der Waals surface area contributed by atoms with E-state index in [1.807, 2.05) is 182 Å². The molecule has 28 heteroatoms. The molecule has 0 aromatic carbocycles. The lowest BCUT2D eigenvalue weighted by molar-refractivity contribution is 0.209. The van der Waals surface area contributed by atoms with Crippen molar-refractivity contribution in [2.24, 2.45) is 0 Å². The highest BCUT2D eigenvalue weighted by atomic mass is 35.5. The van der Waals surface area contributed by atoms with Crippen molar-refractivity contribution in [3.05, 3.63) is 282 Å². The largest absolute Gasteiger partial charge is 0.368 e. The third-order valence-corrected chi connectivity index (χ3v) is 22.5. The van der Waals surface area contributed by atoms with Crippen molar-refractivity contribution < 1.29 is 4.39 Å². The van der Waals surface area contributed by atoms with Gasteiger partial charge in [0.05, 0.1) is 61.9 Å². The van der Waals surface area contributed by atoms with Crippen LogP contribution in [0.1, 0.15) is 74.7 Å². The summed E-state index contributed by atoms with van der Waals surface area (Å²) in [6, 6.07) is 34.3. The molecule has 20 rings (SSSR count). The van der Waals surface area contributed by atoms with Crippen LogP contribution in [0.4, 0.5) is 15.8 Å². The number of nitrogens with one attached hydrogen (secondary N) is 1. The number of imidazole rings is 4. The maximum absolute atomic E-state index is 14.5. The number of rotatable bonds is 10. The summed E-state index contributed by atoms with van der Waals surface area (Å²) in [5.74, 6) is -0.441. The first-order chi connectivity index (χ1) is 56.5. The van der Waals surface area contributed by atoms with Gasteiger partial charge in [-0.25, -0.2) is 44.3 Å². The molecule has 1 N–H and O–H groups in total. The fraction of sp³-hybridized carbons (Fsp3) is 0.281. The van der Waals surface area contributed by atoms with Crippen molar-refractivity contribution in [1.82, 2.24) is 95.1 Å². The van der Waals surface area contributed by atoms with E-state index in [0.717, 1.165) is 187 Å². The lowest BCUT2D eigenvalue weighted by Crippen LogP contribution is -2.49. The van der Waals surface area contributed by atoms with Crippen LogP contribution in [-0.2, 0) is 0 Å². The molecule has 16 aromatic rings. The highest BCUT2D eigenvalue weighted by molar-refractivity contribution is 6.33. The molecule has 0 atom stereocenters. The summed E-state index contributed by atoms with van der Waals surface area (Å²) < 4.78 is 28.4. The van der Waals surface area contributed by atoms with Gasteiger partial charge in [0, 0.05) is 205 Å². The Hall–Kier alpha value is -12.7. The first-order valence-electron chi connectivity index (χ1n) is 39.6. The van der Waals surface area contributed by atoms with E-state index < -0.39 is 5.82 Å². The Balaban J connectivity index is 0.000000112. The van der Waals surface area contributed by atoms with E-state index in [1.54, 1.807) is 52.6 Å². The summed E-state index contributed by atoms with van der Waals surface area (Å²) >= 11 is 6.42. The second kappa shape index (κ2) is 32.2. The minimum atomic E-state index is -0.441. The number of anilines is 2. The maximum atomic E-state index is 14.5. The molecule has 4 aliphatic heterocycles. The van der Waals surface area contributed by atoms with Gasteiger partial charge in [0.1, 0.15) is 33.9 Å². The van der Waals surface area contributed by atoms with Gasteiger partial charge in [0.25, 0.3) is 22.2 Å². The quantitative estimate of drug-likeness (QED) is 0.134. The fourth-order valence-electron chi connectivity index (χ4n) is 15.8. The predicted molar refractivity (Wildman–Crippen MR) is 460 cm³/mol. The molecule has 0 radical (unpaired) electrons. The van der Waals surface area contributed by atoms with E-state index in [2.05, 4.69) is 102 Å². The van der Waals surface area contributed by atoms with Crippen LogP contribution in [0.15, 0.2) is 215 Å². The van der Waals surface area contributed by atoms with Gasteiger partial charge in [0.2, 0.25) is 0 Å². The van der Waals surface area contributed by atoms with Gasteiger partial charge in [-0.1, -0.05) is 23.8 Å². The Morgan fingerprint density at radius 2 is 0.761 bits per heavy atom. The fourth-order valence-corrected chi connectivity index (χ4v) is 16.1. The Labute approximate surface area is 677 Å². The first kappa shape index (κ1) is 76.9. The Morgan fingerprint density at radius 1 is 0.376 bits per heavy atom. The lowest BCUT2D eigenvalue weighted by Gasteiger charge is -2.38. The first-order valence-corrected chi connectivity index (χ1v) is 40.0. The number of pyridine rings is 8.